The predicted octanol–water partition coefficient (Wildman–Crippen LogP) is -1.27. The summed E-state index contributed by atoms with van der Waals surface area (Å²) in [6, 6.07) is 0. The Bertz CT molecular complexity index is 147. The predicted molar refractivity (Wildman–Crippen MR) is 43.7 cm³/mol. The first-order chi connectivity index (χ1) is 5.86. The minimum atomic E-state index is 0.0694. The normalized spacial score (nSPS) is 46.4. The second kappa shape index (κ2) is 3.34. The van der Waals surface area contributed by atoms with E-state index < -0.39 is 0 Å². The van der Waals surface area contributed by atoms with Gasteiger partial charge in [-0.15, -0.1) is 0 Å². The van der Waals surface area contributed by atoms with Crippen LogP contribution >= 0.6 is 0 Å². The highest BCUT2D eigenvalue weighted by Gasteiger charge is 2.47. The average molecular weight is 172 g/mol. The molecule has 0 aliphatic carbocycles. The molecule has 0 saturated carbocycles. The Kier molecular flexibility index (Phi) is 2.36. The lowest BCUT2D eigenvalue weighted by Crippen LogP contribution is -2.33. The topological polar surface area (TPSA) is 36.9 Å². The maximum atomic E-state index is 5.51. The molecular formula is C7H13BO4. The zero-order valence-electron chi connectivity index (χ0n) is 7.36. The van der Waals surface area contributed by atoms with Gasteiger partial charge in [-0.1, -0.05) is 0 Å². The smallest absolute Gasteiger partial charge is 0.257 e. The largest absolute Gasteiger partial charge is 0.436 e. The van der Waals surface area contributed by atoms with Gasteiger partial charge in [0, 0.05) is 7.11 Å². The fraction of sp³-hybridized carbons (Fsp3) is 1.00. The Morgan fingerprint density at radius 1 is 1.17 bits per heavy atom. The zero-order valence-corrected chi connectivity index (χ0v) is 7.36. The molecule has 0 amide bonds. The van der Waals surface area contributed by atoms with E-state index in [0.29, 0.717) is 13.2 Å². The van der Waals surface area contributed by atoms with E-state index in [1.807, 2.05) is 0 Å². The molecule has 0 aromatic heterocycles. The molecule has 0 N–H and O–H groups in total. The number of methoxy groups -OCH3 is 1. The quantitative estimate of drug-likeness (QED) is 0.487. The third kappa shape index (κ3) is 1.17. The number of hydrogen-bond donors (Lipinski definition) is 0. The Morgan fingerprint density at radius 3 is 2.33 bits per heavy atom. The van der Waals surface area contributed by atoms with Crippen molar-refractivity contribution in [3.63, 3.8) is 0 Å². The van der Waals surface area contributed by atoms with Gasteiger partial charge in [-0.25, -0.2) is 0 Å². The zero-order chi connectivity index (χ0) is 8.55. The summed E-state index contributed by atoms with van der Waals surface area (Å²) in [6.07, 6.45) is 0.296. The van der Waals surface area contributed by atoms with Crippen LogP contribution in [0.1, 0.15) is 0 Å². The first kappa shape index (κ1) is 8.50. The van der Waals surface area contributed by atoms with Crippen LogP contribution in [0.5, 0.6) is 0 Å². The second-order valence-electron chi connectivity index (χ2n) is 3.14. The van der Waals surface area contributed by atoms with Gasteiger partial charge in [-0.2, -0.15) is 0 Å². The van der Waals surface area contributed by atoms with E-state index in [0.717, 1.165) is 0 Å². The number of rotatable bonds is 2. The molecule has 5 heteroatoms. The second-order valence-corrected chi connectivity index (χ2v) is 3.14. The lowest BCUT2D eigenvalue weighted by molar-refractivity contribution is -0.0132. The standard InChI is InChI=1S/C7H13BO4/c1-9-4-2-10-7-5(12-8)3-11-6(4)7/h4-7H,2-3,8H2,1H3. The molecule has 4 unspecified atom stereocenters. The molecule has 0 aromatic rings. The van der Waals surface area contributed by atoms with Gasteiger partial charge >= 0.3 is 0 Å². The van der Waals surface area contributed by atoms with Crippen molar-refractivity contribution in [2.75, 3.05) is 20.3 Å². The molecule has 2 aliphatic rings. The molecule has 68 valence electrons. The minimum absolute atomic E-state index is 0.0694. The fourth-order valence-corrected chi connectivity index (χ4v) is 1.83. The van der Waals surface area contributed by atoms with Crippen molar-refractivity contribution in [1.29, 1.82) is 0 Å². The summed E-state index contributed by atoms with van der Waals surface area (Å²) in [4.78, 5) is 0. The first-order valence-electron chi connectivity index (χ1n) is 4.15. The summed E-state index contributed by atoms with van der Waals surface area (Å²) < 4.78 is 21.4. The molecular weight excluding hydrogens is 159 g/mol. The molecule has 2 heterocycles. The Morgan fingerprint density at radius 2 is 1.75 bits per heavy atom. The van der Waals surface area contributed by atoms with Crippen LogP contribution in [0.2, 0.25) is 0 Å². The molecule has 2 fully saturated rings. The Balaban J connectivity index is 2.01. The lowest BCUT2D eigenvalue weighted by Gasteiger charge is -2.14. The molecule has 2 saturated heterocycles. The summed E-state index contributed by atoms with van der Waals surface area (Å²) in [5.41, 5.74) is 0. The van der Waals surface area contributed by atoms with E-state index >= 15 is 0 Å². The Labute approximate surface area is 72.6 Å². The highest BCUT2D eigenvalue weighted by molar-refractivity contribution is 5.98. The average Bonchev–Trinajstić information content (AvgIpc) is 2.62. The van der Waals surface area contributed by atoms with Gasteiger partial charge in [0.05, 0.1) is 19.3 Å². The molecule has 2 rings (SSSR count). The van der Waals surface area contributed by atoms with E-state index in [-0.39, 0.29) is 24.4 Å². The number of fused-ring (bicyclic) bond motifs is 1. The van der Waals surface area contributed by atoms with Gasteiger partial charge in [0.15, 0.2) is 0 Å². The van der Waals surface area contributed by atoms with E-state index in [2.05, 4.69) is 0 Å². The van der Waals surface area contributed by atoms with Crippen LogP contribution in [0.3, 0.4) is 0 Å². The summed E-state index contributed by atoms with van der Waals surface area (Å²) >= 11 is 0. The number of hydrogen-bond acceptors (Lipinski definition) is 4. The van der Waals surface area contributed by atoms with Crippen LogP contribution in [-0.4, -0.2) is 52.8 Å². The maximum Gasteiger partial charge on any atom is 0.257 e. The van der Waals surface area contributed by atoms with Gasteiger partial charge in [-0.3, -0.25) is 0 Å². The number of ether oxygens (including phenoxy) is 3. The monoisotopic (exact) mass is 172 g/mol. The molecule has 12 heavy (non-hydrogen) atoms. The lowest BCUT2D eigenvalue weighted by atomic mass is 10.1. The summed E-state index contributed by atoms with van der Waals surface area (Å²) in [5, 5.41) is 0. The molecule has 4 nitrogen and oxygen atoms in total. The molecule has 0 radical (unpaired) electrons. The van der Waals surface area contributed by atoms with Crippen LogP contribution in [0.4, 0.5) is 0 Å². The van der Waals surface area contributed by atoms with Crippen molar-refractivity contribution in [3.05, 3.63) is 0 Å². The van der Waals surface area contributed by atoms with Crippen LogP contribution < -0.4 is 0 Å². The van der Waals surface area contributed by atoms with Crippen molar-refractivity contribution in [2.45, 2.75) is 24.4 Å². The van der Waals surface area contributed by atoms with Crippen LogP contribution in [-0.2, 0) is 18.9 Å². The molecule has 0 spiro atoms. The van der Waals surface area contributed by atoms with Crippen molar-refractivity contribution in [3.8, 4) is 0 Å². The SMILES string of the molecule is BOC1COC2C(OC)COC12. The van der Waals surface area contributed by atoms with E-state index in [9.17, 15) is 0 Å². The molecule has 0 aromatic carbocycles. The highest BCUT2D eigenvalue weighted by Crippen LogP contribution is 2.29. The van der Waals surface area contributed by atoms with E-state index in [1.54, 1.807) is 15.2 Å². The van der Waals surface area contributed by atoms with Gasteiger partial charge in [-0.05, 0) is 0 Å². The van der Waals surface area contributed by atoms with Crippen LogP contribution in [0.15, 0.2) is 0 Å². The van der Waals surface area contributed by atoms with Crippen LogP contribution in [0.25, 0.3) is 0 Å². The van der Waals surface area contributed by atoms with Gasteiger partial charge in [0.2, 0.25) is 0 Å². The van der Waals surface area contributed by atoms with Crippen molar-refractivity contribution in [2.24, 2.45) is 0 Å². The third-order valence-electron chi connectivity index (χ3n) is 2.57. The third-order valence-corrected chi connectivity index (χ3v) is 2.57. The fourth-order valence-electron chi connectivity index (χ4n) is 1.83. The maximum absolute atomic E-state index is 5.51. The van der Waals surface area contributed by atoms with Gasteiger partial charge in [0.25, 0.3) is 8.05 Å². The van der Waals surface area contributed by atoms with E-state index in [4.69, 9.17) is 18.9 Å². The summed E-state index contributed by atoms with van der Waals surface area (Å²) in [5.74, 6) is 0. The first-order valence-corrected chi connectivity index (χ1v) is 4.15. The van der Waals surface area contributed by atoms with Crippen molar-refractivity contribution in [1.82, 2.24) is 0 Å². The van der Waals surface area contributed by atoms with Crippen molar-refractivity contribution >= 4 is 8.05 Å². The molecule has 4 atom stereocenters. The van der Waals surface area contributed by atoms with E-state index in [1.165, 1.54) is 0 Å². The van der Waals surface area contributed by atoms with Gasteiger partial charge < -0.3 is 18.9 Å². The Hall–Kier alpha value is -0.0951. The summed E-state index contributed by atoms with van der Waals surface area (Å²) in [6.45, 7) is 1.23. The van der Waals surface area contributed by atoms with Gasteiger partial charge in [0.1, 0.15) is 18.3 Å². The van der Waals surface area contributed by atoms with Crippen molar-refractivity contribution < 1.29 is 18.9 Å². The summed E-state index contributed by atoms with van der Waals surface area (Å²) in [7, 11) is 3.36. The molecule has 2 aliphatic heterocycles. The molecule has 0 bridgehead atoms. The minimum Gasteiger partial charge on any atom is -0.436 e. The van der Waals surface area contributed by atoms with Crippen LogP contribution in [0, 0.1) is 0 Å². The highest BCUT2D eigenvalue weighted by atomic mass is 16.6.